The third-order valence-corrected chi connectivity index (χ3v) is 5.48. The van der Waals surface area contributed by atoms with E-state index in [0.717, 1.165) is 20.8 Å². The van der Waals surface area contributed by atoms with Crippen molar-refractivity contribution >= 4 is 43.9 Å². The number of carbonyl (C=O) groups excluding carboxylic acids is 1. The quantitative estimate of drug-likeness (QED) is 0.568. The Morgan fingerprint density at radius 2 is 2.12 bits per heavy atom. The number of aryl methyl sites for hydroxylation is 1. The molecule has 1 amide bonds. The summed E-state index contributed by atoms with van der Waals surface area (Å²) in [6, 6.07) is 9.21. The van der Waals surface area contributed by atoms with Crippen LogP contribution in [0.15, 0.2) is 41.0 Å². The Morgan fingerprint density at radius 3 is 2.88 bits per heavy atom. The number of fused-ring (bicyclic) bond motifs is 1. The van der Waals surface area contributed by atoms with Crippen LogP contribution in [0.4, 0.5) is 5.13 Å². The molecule has 4 aromatic rings. The van der Waals surface area contributed by atoms with Crippen LogP contribution in [0.2, 0.25) is 0 Å². The molecular weight excluding hydrogens is 358 g/mol. The normalized spacial score (nSPS) is 11.0. The highest BCUT2D eigenvalue weighted by atomic mass is 32.1. The van der Waals surface area contributed by atoms with Crippen molar-refractivity contribution in [2.75, 3.05) is 12.4 Å². The number of methoxy groups -OCH3 is 1. The van der Waals surface area contributed by atoms with Crippen molar-refractivity contribution in [3.63, 3.8) is 0 Å². The molecular formula is C17H13N3O3S2. The summed E-state index contributed by atoms with van der Waals surface area (Å²) in [4.78, 5) is 22.2. The van der Waals surface area contributed by atoms with Gasteiger partial charge in [0.1, 0.15) is 11.4 Å². The number of furan rings is 1. The Balaban J connectivity index is 1.60. The van der Waals surface area contributed by atoms with E-state index in [0.29, 0.717) is 21.6 Å². The van der Waals surface area contributed by atoms with Gasteiger partial charge in [-0.3, -0.25) is 10.1 Å². The van der Waals surface area contributed by atoms with Gasteiger partial charge in [-0.2, -0.15) is 0 Å². The summed E-state index contributed by atoms with van der Waals surface area (Å²) in [6.07, 6.45) is 1.58. The molecule has 6 nitrogen and oxygen atoms in total. The molecule has 25 heavy (non-hydrogen) atoms. The topological polar surface area (TPSA) is 77.2 Å². The molecule has 3 heterocycles. The van der Waals surface area contributed by atoms with Crippen LogP contribution in [0.1, 0.15) is 15.4 Å². The third kappa shape index (κ3) is 3.01. The number of hydrogen-bond acceptors (Lipinski definition) is 7. The van der Waals surface area contributed by atoms with Crippen LogP contribution >= 0.6 is 22.7 Å². The van der Waals surface area contributed by atoms with Crippen LogP contribution in [-0.2, 0) is 0 Å². The van der Waals surface area contributed by atoms with Crippen LogP contribution in [0.5, 0.6) is 5.75 Å². The highest BCUT2D eigenvalue weighted by Crippen LogP contribution is 2.31. The zero-order valence-corrected chi connectivity index (χ0v) is 15.0. The molecule has 4 rings (SSSR count). The second-order valence-corrected chi connectivity index (χ2v) is 7.44. The molecule has 0 saturated heterocycles. The van der Waals surface area contributed by atoms with Crippen molar-refractivity contribution in [3.05, 3.63) is 47.2 Å². The first kappa shape index (κ1) is 15.8. The summed E-state index contributed by atoms with van der Waals surface area (Å²) in [5.74, 6) is 1.13. The van der Waals surface area contributed by atoms with E-state index in [2.05, 4.69) is 15.3 Å². The minimum absolute atomic E-state index is 0.280. The Bertz CT molecular complexity index is 1050. The van der Waals surface area contributed by atoms with Crippen molar-refractivity contribution in [1.82, 2.24) is 9.97 Å². The fourth-order valence-corrected chi connectivity index (χ4v) is 4.12. The fourth-order valence-electron chi connectivity index (χ4n) is 2.35. The van der Waals surface area contributed by atoms with Gasteiger partial charge in [0.25, 0.3) is 5.91 Å². The van der Waals surface area contributed by atoms with Gasteiger partial charge in [-0.25, -0.2) is 9.97 Å². The van der Waals surface area contributed by atoms with E-state index in [1.54, 1.807) is 19.4 Å². The van der Waals surface area contributed by atoms with Gasteiger partial charge in [0.05, 0.1) is 23.6 Å². The van der Waals surface area contributed by atoms with Gasteiger partial charge in [-0.05, 0) is 37.3 Å². The first-order valence-corrected chi connectivity index (χ1v) is 9.04. The van der Waals surface area contributed by atoms with Gasteiger partial charge in [0.15, 0.2) is 15.9 Å². The Labute approximate surface area is 151 Å². The average Bonchev–Trinajstić information content (AvgIpc) is 3.32. The first-order chi connectivity index (χ1) is 12.1. The van der Waals surface area contributed by atoms with Crippen LogP contribution in [-0.4, -0.2) is 23.0 Å². The van der Waals surface area contributed by atoms with Crippen LogP contribution in [0.25, 0.3) is 21.0 Å². The standard InChI is InChI=1S/C17H13N3O3S2/c1-9-14(19-16(24-9)12-4-3-7-23-12)15(21)20-17-18-11-6-5-10(22-2)8-13(11)25-17/h3-8H,1-2H3,(H,18,20,21). The van der Waals surface area contributed by atoms with E-state index in [4.69, 9.17) is 9.15 Å². The largest absolute Gasteiger partial charge is 0.497 e. The summed E-state index contributed by atoms with van der Waals surface area (Å²) >= 11 is 2.82. The van der Waals surface area contributed by atoms with E-state index >= 15 is 0 Å². The second-order valence-electron chi connectivity index (χ2n) is 5.21. The lowest BCUT2D eigenvalue weighted by Gasteiger charge is -1.98. The number of nitrogens with one attached hydrogen (secondary N) is 1. The molecule has 0 atom stereocenters. The Hall–Kier alpha value is -2.71. The lowest BCUT2D eigenvalue weighted by atomic mass is 10.3. The van der Waals surface area contributed by atoms with Crippen LogP contribution in [0.3, 0.4) is 0 Å². The average molecular weight is 371 g/mol. The molecule has 0 saturated carbocycles. The predicted molar refractivity (Wildman–Crippen MR) is 98.7 cm³/mol. The Morgan fingerprint density at radius 1 is 1.24 bits per heavy atom. The molecule has 0 aliphatic heterocycles. The summed E-state index contributed by atoms with van der Waals surface area (Å²) in [6.45, 7) is 1.86. The number of thiazole rings is 2. The highest BCUT2D eigenvalue weighted by molar-refractivity contribution is 7.22. The lowest BCUT2D eigenvalue weighted by Crippen LogP contribution is -2.13. The minimum atomic E-state index is -0.280. The monoisotopic (exact) mass is 371 g/mol. The molecule has 3 aromatic heterocycles. The molecule has 0 spiro atoms. The van der Waals surface area contributed by atoms with E-state index in [1.165, 1.54) is 22.7 Å². The summed E-state index contributed by atoms with van der Waals surface area (Å²) < 4.78 is 11.5. The third-order valence-electron chi connectivity index (χ3n) is 3.56. The second kappa shape index (κ2) is 6.30. The van der Waals surface area contributed by atoms with E-state index in [1.807, 2.05) is 31.2 Å². The predicted octanol–water partition coefficient (Wildman–Crippen LogP) is 4.58. The summed E-state index contributed by atoms with van der Waals surface area (Å²) in [5.41, 5.74) is 1.20. The zero-order chi connectivity index (χ0) is 17.4. The molecule has 1 aromatic carbocycles. The van der Waals surface area contributed by atoms with Crippen molar-refractivity contribution < 1.29 is 13.9 Å². The lowest BCUT2D eigenvalue weighted by molar-refractivity contribution is 0.102. The maximum atomic E-state index is 12.6. The van der Waals surface area contributed by atoms with Gasteiger partial charge >= 0.3 is 0 Å². The number of rotatable bonds is 4. The van der Waals surface area contributed by atoms with Crippen LogP contribution in [0, 0.1) is 6.92 Å². The maximum absolute atomic E-state index is 12.6. The molecule has 126 valence electrons. The molecule has 0 aliphatic carbocycles. The van der Waals surface area contributed by atoms with Crippen molar-refractivity contribution in [2.45, 2.75) is 6.92 Å². The van der Waals surface area contributed by atoms with Gasteiger partial charge < -0.3 is 9.15 Å². The zero-order valence-electron chi connectivity index (χ0n) is 13.4. The highest BCUT2D eigenvalue weighted by Gasteiger charge is 2.19. The summed E-state index contributed by atoms with van der Waals surface area (Å²) in [5, 5.41) is 4.04. The first-order valence-electron chi connectivity index (χ1n) is 7.41. The molecule has 1 N–H and O–H groups in total. The van der Waals surface area contributed by atoms with E-state index < -0.39 is 0 Å². The number of benzene rings is 1. The number of ether oxygens (including phenoxy) is 1. The molecule has 0 aliphatic rings. The fraction of sp³-hybridized carbons (Fsp3) is 0.118. The van der Waals surface area contributed by atoms with Crippen molar-refractivity contribution in [1.29, 1.82) is 0 Å². The van der Waals surface area contributed by atoms with Gasteiger partial charge in [0, 0.05) is 4.88 Å². The number of aromatic nitrogens is 2. The molecule has 0 unspecified atom stereocenters. The SMILES string of the molecule is COc1ccc2nc(NC(=O)c3nc(-c4ccco4)sc3C)sc2c1. The van der Waals surface area contributed by atoms with E-state index in [9.17, 15) is 4.79 Å². The number of carbonyl (C=O) groups is 1. The van der Waals surface area contributed by atoms with Crippen LogP contribution < -0.4 is 10.1 Å². The molecule has 8 heteroatoms. The number of hydrogen-bond donors (Lipinski definition) is 1. The maximum Gasteiger partial charge on any atom is 0.277 e. The number of anilines is 1. The molecule has 0 radical (unpaired) electrons. The van der Waals surface area contributed by atoms with Gasteiger partial charge in [-0.1, -0.05) is 11.3 Å². The van der Waals surface area contributed by atoms with Crippen molar-refractivity contribution in [2.24, 2.45) is 0 Å². The number of amides is 1. The molecule has 0 bridgehead atoms. The van der Waals surface area contributed by atoms with E-state index in [-0.39, 0.29) is 5.91 Å². The minimum Gasteiger partial charge on any atom is -0.497 e. The van der Waals surface area contributed by atoms with Gasteiger partial charge in [-0.15, -0.1) is 11.3 Å². The summed E-state index contributed by atoms with van der Waals surface area (Å²) in [7, 11) is 1.62. The Kier molecular flexibility index (Phi) is 3.98. The smallest absolute Gasteiger partial charge is 0.277 e. The number of nitrogens with zero attached hydrogens (tertiary/aromatic N) is 2. The van der Waals surface area contributed by atoms with Gasteiger partial charge in [0.2, 0.25) is 0 Å². The van der Waals surface area contributed by atoms with Crippen molar-refractivity contribution in [3.8, 4) is 16.5 Å². The molecule has 0 fully saturated rings.